The smallest absolute Gasteiger partial charge is 0.208 e. The maximum Gasteiger partial charge on any atom is 0.242 e. The number of benzene rings is 1. The molecule has 0 heterocycles. The molecule has 0 amide bonds. The van der Waals surface area contributed by atoms with Crippen molar-refractivity contribution in [3.05, 3.63) is 27.7 Å². The summed E-state index contributed by atoms with van der Waals surface area (Å²) in [5.74, 6) is 0.235. The lowest BCUT2D eigenvalue weighted by atomic mass is 10.0. The fraction of sp³-hybridized carbons (Fsp3) is 0.500. The van der Waals surface area contributed by atoms with Gasteiger partial charge in [-0.15, -0.1) is 0 Å². The maximum atomic E-state index is 12.2. The molecule has 1 atom stereocenters. The van der Waals surface area contributed by atoms with Gasteiger partial charge in [0.25, 0.3) is 0 Å². The molecule has 0 spiro atoms. The zero-order valence-corrected chi connectivity index (χ0v) is 13.7. The van der Waals surface area contributed by atoms with E-state index < -0.39 is 10.0 Å². The highest BCUT2D eigenvalue weighted by Gasteiger charge is 2.23. The summed E-state index contributed by atoms with van der Waals surface area (Å²) in [6.07, 6.45) is 0.741. The van der Waals surface area contributed by atoms with E-state index in [9.17, 15) is 8.42 Å². The molecule has 0 aliphatic heterocycles. The van der Waals surface area contributed by atoms with Gasteiger partial charge in [-0.1, -0.05) is 48.3 Å². The van der Waals surface area contributed by atoms with Crippen molar-refractivity contribution >= 4 is 37.6 Å². The first-order valence-corrected chi connectivity index (χ1v) is 8.40. The lowest BCUT2D eigenvalue weighted by Crippen LogP contribution is -2.38. The molecular weight excluding hydrogens is 338 g/mol. The minimum Gasteiger partial charge on any atom is -0.208 e. The molecular formula is C12H17BrClNO2S. The second kappa shape index (κ2) is 6.37. The first kappa shape index (κ1) is 16.0. The molecule has 1 unspecified atom stereocenters. The van der Waals surface area contributed by atoms with E-state index in [1.54, 1.807) is 12.1 Å². The first-order chi connectivity index (χ1) is 8.27. The third kappa shape index (κ3) is 3.95. The van der Waals surface area contributed by atoms with Gasteiger partial charge >= 0.3 is 0 Å². The first-order valence-electron chi connectivity index (χ1n) is 5.75. The molecule has 0 fully saturated rings. The molecule has 102 valence electrons. The molecule has 6 heteroatoms. The summed E-state index contributed by atoms with van der Waals surface area (Å²) in [6.45, 7) is 5.93. The third-order valence-corrected chi connectivity index (χ3v) is 5.20. The van der Waals surface area contributed by atoms with Crippen molar-refractivity contribution in [2.45, 2.75) is 38.1 Å². The molecule has 1 rings (SSSR count). The quantitative estimate of drug-likeness (QED) is 0.874. The van der Waals surface area contributed by atoms with E-state index in [1.165, 1.54) is 6.07 Å². The van der Waals surface area contributed by atoms with Crippen LogP contribution in [0.3, 0.4) is 0 Å². The highest BCUT2D eigenvalue weighted by molar-refractivity contribution is 9.10. The van der Waals surface area contributed by atoms with Crippen molar-refractivity contribution in [3.8, 4) is 0 Å². The van der Waals surface area contributed by atoms with E-state index in [0.29, 0.717) is 0 Å². The van der Waals surface area contributed by atoms with Gasteiger partial charge in [0.1, 0.15) is 4.90 Å². The van der Waals surface area contributed by atoms with Crippen molar-refractivity contribution in [1.82, 2.24) is 4.72 Å². The number of sulfonamides is 1. The normalized spacial score (nSPS) is 13.9. The van der Waals surface area contributed by atoms with E-state index in [1.807, 2.05) is 20.8 Å². The fourth-order valence-corrected chi connectivity index (χ4v) is 4.15. The number of nitrogens with one attached hydrogen (secondary N) is 1. The molecule has 0 bridgehead atoms. The van der Waals surface area contributed by atoms with Crippen LogP contribution in [-0.2, 0) is 10.0 Å². The van der Waals surface area contributed by atoms with Gasteiger partial charge in [0.05, 0.1) is 5.02 Å². The monoisotopic (exact) mass is 353 g/mol. The van der Waals surface area contributed by atoms with Crippen LogP contribution >= 0.6 is 27.5 Å². The van der Waals surface area contributed by atoms with E-state index in [4.69, 9.17) is 11.6 Å². The molecule has 18 heavy (non-hydrogen) atoms. The predicted octanol–water partition coefficient (Wildman–Crippen LogP) is 3.82. The maximum absolute atomic E-state index is 12.2. The SMILES string of the molecule is CCC(NS(=O)(=O)c1ccc(Br)cc1Cl)C(C)C. The van der Waals surface area contributed by atoms with Crippen LogP contribution < -0.4 is 4.72 Å². The van der Waals surface area contributed by atoms with Gasteiger partial charge in [-0.2, -0.15) is 0 Å². The average Bonchev–Trinajstić information content (AvgIpc) is 2.24. The molecule has 0 radical (unpaired) electrons. The van der Waals surface area contributed by atoms with Crippen LogP contribution in [0, 0.1) is 5.92 Å². The second-order valence-electron chi connectivity index (χ2n) is 4.45. The lowest BCUT2D eigenvalue weighted by molar-refractivity contribution is 0.437. The molecule has 0 saturated carbocycles. The second-order valence-corrected chi connectivity index (χ2v) is 7.46. The molecule has 1 aromatic carbocycles. The van der Waals surface area contributed by atoms with Crippen molar-refractivity contribution in [2.24, 2.45) is 5.92 Å². The average molecular weight is 355 g/mol. The minimum absolute atomic E-state index is 0.0882. The lowest BCUT2D eigenvalue weighted by Gasteiger charge is -2.21. The molecule has 1 aromatic rings. The van der Waals surface area contributed by atoms with Crippen molar-refractivity contribution in [1.29, 1.82) is 0 Å². The highest BCUT2D eigenvalue weighted by atomic mass is 79.9. The van der Waals surface area contributed by atoms with E-state index in [-0.39, 0.29) is 21.9 Å². The van der Waals surface area contributed by atoms with Gasteiger partial charge < -0.3 is 0 Å². The van der Waals surface area contributed by atoms with Crippen LogP contribution in [0.25, 0.3) is 0 Å². The van der Waals surface area contributed by atoms with Gasteiger partial charge in [-0.25, -0.2) is 13.1 Å². The van der Waals surface area contributed by atoms with E-state index >= 15 is 0 Å². The summed E-state index contributed by atoms with van der Waals surface area (Å²) in [5, 5.41) is 0.218. The Labute approximate surface area is 122 Å². The predicted molar refractivity (Wildman–Crippen MR) is 78.4 cm³/mol. The molecule has 0 saturated heterocycles. The van der Waals surface area contributed by atoms with Crippen molar-refractivity contribution in [3.63, 3.8) is 0 Å². The minimum atomic E-state index is -3.57. The highest BCUT2D eigenvalue weighted by Crippen LogP contribution is 2.25. The Hall–Kier alpha value is -0.100. The van der Waals surface area contributed by atoms with Crippen LogP contribution in [0.4, 0.5) is 0 Å². The Morgan fingerprint density at radius 1 is 1.39 bits per heavy atom. The van der Waals surface area contributed by atoms with Crippen molar-refractivity contribution < 1.29 is 8.42 Å². The summed E-state index contributed by atoms with van der Waals surface area (Å²) in [4.78, 5) is 0.117. The zero-order chi connectivity index (χ0) is 13.9. The standard InChI is InChI=1S/C12H17BrClNO2S/c1-4-11(8(2)3)15-18(16,17)12-6-5-9(13)7-10(12)14/h5-8,11,15H,4H2,1-3H3. The van der Waals surface area contributed by atoms with Crippen LogP contribution in [0.1, 0.15) is 27.2 Å². The number of hydrogen-bond acceptors (Lipinski definition) is 2. The van der Waals surface area contributed by atoms with Crippen LogP contribution in [0.5, 0.6) is 0 Å². The zero-order valence-electron chi connectivity index (χ0n) is 10.6. The van der Waals surface area contributed by atoms with Crippen molar-refractivity contribution in [2.75, 3.05) is 0 Å². The number of rotatable bonds is 5. The molecule has 0 aliphatic carbocycles. The molecule has 0 aliphatic rings. The Morgan fingerprint density at radius 2 is 2.00 bits per heavy atom. The topological polar surface area (TPSA) is 46.2 Å². The van der Waals surface area contributed by atoms with Gasteiger partial charge in [-0.3, -0.25) is 0 Å². The van der Waals surface area contributed by atoms with Gasteiger partial charge in [0.2, 0.25) is 10.0 Å². The van der Waals surface area contributed by atoms with Crippen LogP contribution in [0.2, 0.25) is 5.02 Å². The largest absolute Gasteiger partial charge is 0.242 e. The van der Waals surface area contributed by atoms with Gasteiger partial charge in [-0.05, 0) is 30.5 Å². The summed E-state index contributed by atoms with van der Waals surface area (Å²) < 4.78 is 27.9. The van der Waals surface area contributed by atoms with E-state index in [2.05, 4.69) is 20.7 Å². The third-order valence-electron chi connectivity index (χ3n) is 2.73. The van der Waals surface area contributed by atoms with Gasteiger partial charge in [0, 0.05) is 10.5 Å². The van der Waals surface area contributed by atoms with Crippen LogP contribution in [-0.4, -0.2) is 14.5 Å². The van der Waals surface area contributed by atoms with E-state index in [0.717, 1.165) is 10.9 Å². The Bertz CT molecular complexity index is 517. The Kier molecular flexibility index (Phi) is 5.65. The Morgan fingerprint density at radius 3 is 2.44 bits per heavy atom. The molecule has 1 N–H and O–H groups in total. The summed E-state index contributed by atoms with van der Waals surface area (Å²) in [7, 11) is -3.57. The summed E-state index contributed by atoms with van der Waals surface area (Å²) in [6, 6.07) is 4.65. The number of hydrogen-bond donors (Lipinski definition) is 1. The summed E-state index contributed by atoms with van der Waals surface area (Å²) in [5.41, 5.74) is 0. The fourth-order valence-electron chi connectivity index (χ4n) is 1.65. The molecule has 3 nitrogen and oxygen atoms in total. The van der Waals surface area contributed by atoms with Crippen LogP contribution in [0.15, 0.2) is 27.6 Å². The number of halogens is 2. The van der Waals surface area contributed by atoms with Gasteiger partial charge in [0.15, 0.2) is 0 Å². The Balaban J connectivity index is 3.06. The molecule has 0 aromatic heterocycles. The summed E-state index contributed by atoms with van der Waals surface area (Å²) >= 11 is 9.22.